The zero-order valence-corrected chi connectivity index (χ0v) is 9.65. The van der Waals surface area contributed by atoms with Gasteiger partial charge in [0.15, 0.2) is 0 Å². The first-order chi connectivity index (χ1) is 7.88. The van der Waals surface area contributed by atoms with Crippen molar-refractivity contribution in [3.05, 3.63) is 11.2 Å². The van der Waals surface area contributed by atoms with E-state index in [9.17, 15) is 13.2 Å². The van der Waals surface area contributed by atoms with Gasteiger partial charge < -0.3 is 11.1 Å². The summed E-state index contributed by atoms with van der Waals surface area (Å²) in [4.78, 5) is 7.48. The Kier molecular flexibility index (Phi) is 4.80. The summed E-state index contributed by atoms with van der Waals surface area (Å²) in [6.07, 6.45) is -3.11. The van der Waals surface area contributed by atoms with Crippen molar-refractivity contribution in [1.82, 2.24) is 9.97 Å². The van der Waals surface area contributed by atoms with Gasteiger partial charge in [0.05, 0.1) is 6.20 Å². The summed E-state index contributed by atoms with van der Waals surface area (Å²) in [6.45, 7) is 0.353. The minimum Gasteiger partial charge on any atom is -0.369 e. The molecule has 1 aromatic rings. The number of nitrogen functional groups attached to an aromatic ring is 1. The normalized spacial score (nSPS) is 11.5. The smallest absolute Gasteiger partial charge is 0.369 e. The Morgan fingerprint density at radius 3 is 2.71 bits per heavy atom. The molecule has 96 valence electrons. The molecule has 4 nitrogen and oxygen atoms in total. The van der Waals surface area contributed by atoms with Gasteiger partial charge >= 0.3 is 6.18 Å². The summed E-state index contributed by atoms with van der Waals surface area (Å²) in [5, 5.41) is 3.10. The van der Waals surface area contributed by atoms with Crippen LogP contribution in [0.1, 0.15) is 19.3 Å². The van der Waals surface area contributed by atoms with Crippen molar-refractivity contribution in [2.24, 2.45) is 0 Å². The van der Waals surface area contributed by atoms with E-state index in [2.05, 4.69) is 15.3 Å². The van der Waals surface area contributed by atoms with Crippen LogP contribution in [-0.2, 0) is 0 Å². The molecule has 0 amide bonds. The number of unbranched alkanes of at least 4 members (excludes halogenated alkanes) is 1. The van der Waals surface area contributed by atoms with Gasteiger partial charge in [-0.3, -0.25) is 0 Å². The van der Waals surface area contributed by atoms with Gasteiger partial charge in [0.25, 0.3) is 0 Å². The van der Waals surface area contributed by atoms with E-state index in [0.29, 0.717) is 18.8 Å². The fraction of sp³-hybridized carbons (Fsp3) is 0.556. The Morgan fingerprint density at radius 1 is 1.35 bits per heavy atom. The second-order valence-corrected chi connectivity index (χ2v) is 3.83. The lowest BCUT2D eigenvalue weighted by Gasteiger charge is -2.08. The van der Waals surface area contributed by atoms with E-state index >= 15 is 0 Å². The Bertz CT molecular complexity index is 370. The quantitative estimate of drug-likeness (QED) is 0.806. The number of rotatable bonds is 5. The number of nitrogens with one attached hydrogen (secondary N) is 1. The number of aromatic nitrogens is 2. The molecule has 0 aromatic carbocycles. The van der Waals surface area contributed by atoms with Gasteiger partial charge in [-0.2, -0.15) is 18.2 Å². The molecule has 0 radical (unpaired) electrons. The number of nitrogens with two attached hydrogens (primary N) is 1. The molecule has 1 rings (SSSR count). The predicted octanol–water partition coefficient (Wildman–Crippen LogP) is 2.86. The van der Waals surface area contributed by atoms with Crippen LogP contribution in [0.2, 0.25) is 5.02 Å². The second kappa shape index (κ2) is 5.90. The molecular formula is C9H12ClF3N4. The number of hydrogen-bond donors (Lipinski definition) is 2. The average molecular weight is 269 g/mol. The van der Waals surface area contributed by atoms with Crippen molar-refractivity contribution >= 4 is 23.4 Å². The molecule has 0 fully saturated rings. The molecule has 0 spiro atoms. The number of anilines is 2. The molecule has 0 aliphatic rings. The van der Waals surface area contributed by atoms with Crippen molar-refractivity contribution in [2.75, 3.05) is 17.6 Å². The third kappa shape index (κ3) is 5.58. The average Bonchev–Trinajstić information content (AvgIpc) is 2.21. The Hall–Kier alpha value is -1.24. The largest absolute Gasteiger partial charge is 0.389 e. The molecule has 0 aliphatic heterocycles. The molecule has 1 aromatic heterocycles. The molecule has 8 heteroatoms. The van der Waals surface area contributed by atoms with Gasteiger partial charge in [0.2, 0.25) is 5.95 Å². The van der Waals surface area contributed by atoms with Crippen LogP contribution in [0.15, 0.2) is 6.20 Å². The number of alkyl halides is 3. The van der Waals surface area contributed by atoms with E-state index in [-0.39, 0.29) is 17.4 Å². The molecule has 17 heavy (non-hydrogen) atoms. The van der Waals surface area contributed by atoms with Gasteiger partial charge in [-0.15, -0.1) is 0 Å². The van der Waals surface area contributed by atoms with Crippen LogP contribution in [0.5, 0.6) is 0 Å². The lowest BCUT2D eigenvalue weighted by molar-refractivity contribution is -0.135. The zero-order valence-electron chi connectivity index (χ0n) is 8.89. The van der Waals surface area contributed by atoms with Crippen LogP contribution >= 0.6 is 11.6 Å². The maximum Gasteiger partial charge on any atom is 0.389 e. The Balaban J connectivity index is 2.29. The minimum absolute atomic E-state index is 0.0622. The summed E-state index contributed by atoms with van der Waals surface area (Å²) >= 11 is 5.76. The van der Waals surface area contributed by atoms with Crippen molar-refractivity contribution in [2.45, 2.75) is 25.4 Å². The maximum absolute atomic E-state index is 11.8. The van der Waals surface area contributed by atoms with Gasteiger partial charge in [-0.25, -0.2) is 4.98 Å². The molecule has 3 N–H and O–H groups in total. The molecule has 0 saturated carbocycles. The van der Waals surface area contributed by atoms with E-state index in [1.54, 1.807) is 0 Å². The first kappa shape index (κ1) is 13.8. The van der Waals surface area contributed by atoms with Crippen LogP contribution in [-0.4, -0.2) is 22.7 Å². The van der Waals surface area contributed by atoms with E-state index in [4.69, 9.17) is 17.3 Å². The highest BCUT2D eigenvalue weighted by Gasteiger charge is 2.25. The van der Waals surface area contributed by atoms with Crippen LogP contribution in [0.4, 0.5) is 24.9 Å². The molecular weight excluding hydrogens is 257 g/mol. The fourth-order valence-corrected chi connectivity index (χ4v) is 1.32. The lowest BCUT2D eigenvalue weighted by atomic mass is 10.2. The van der Waals surface area contributed by atoms with Crippen molar-refractivity contribution in [3.8, 4) is 0 Å². The Labute approximate surface area is 101 Å². The first-order valence-corrected chi connectivity index (χ1v) is 5.35. The number of nitrogens with zero attached hydrogens (tertiary/aromatic N) is 2. The highest BCUT2D eigenvalue weighted by atomic mass is 35.5. The van der Waals surface area contributed by atoms with Crippen LogP contribution in [0.25, 0.3) is 0 Å². The predicted molar refractivity (Wildman–Crippen MR) is 59.9 cm³/mol. The SMILES string of the molecule is Nc1ncc(Cl)c(NCCCCC(F)(F)F)n1. The second-order valence-electron chi connectivity index (χ2n) is 3.42. The molecule has 0 aliphatic carbocycles. The lowest BCUT2D eigenvalue weighted by Crippen LogP contribution is -2.10. The third-order valence-corrected chi connectivity index (χ3v) is 2.22. The van der Waals surface area contributed by atoms with Crippen LogP contribution in [0, 0.1) is 0 Å². The standard InChI is InChI=1S/C9H12ClF3N4/c10-6-5-16-8(14)17-7(6)15-4-2-1-3-9(11,12)13/h5H,1-4H2,(H3,14,15,16,17). The van der Waals surface area contributed by atoms with Crippen molar-refractivity contribution in [1.29, 1.82) is 0 Å². The fourth-order valence-electron chi connectivity index (χ4n) is 1.16. The number of halogens is 4. The van der Waals surface area contributed by atoms with Gasteiger partial charge in [0.1, 0.15) is 10.8 Å². The monoisotopic (exact) mass is 268 g/mol. The topological polar surface area (TPSA) is 63.8 Å². The van der Waals surface area contributed by atoms with E-state index in [0.717, 1.165) is 0 Å². The van der Waals surface area contributed by atoms with Crippen LogP contribution < -0.4 is 11.1 Å². The first-order valence-electron chi connectivity index (χ1n) is 4.97. The van der Waals surface area contributed by atoms with E-state index in [1.165, 1.54) is 6.20 Å². The Morgan fingerprint density at radius 2 is 2.06 bits per heavy atom. The molecule has 0 bridgehead atoms. The van der Waals surface area contributed by atoms with Gasteiger partial charge in [-0.05, 0) is 12.8 Å². The zero-order chi connectivity index (χ0) is 12.9. The third-order valence-electron chi connectivity index (χ3n) is 1.94. The van der Waals surface area contributed by atoms with Crippen LogP contribution in [0.3, 0.4) is 0 Å². The summed E-state index contributed by atoms with van der Waals surface area (Å²) in [5.74, 6) is 0.401. The summed E-state index contributed by atoms with van der Waals surface area (Å²) in [5.41, 5.74) is 5.35. The molecule has 1 heterocycles. The van der Waals surface area contributed by atoms with Crippen molar-refractivity contribution in [3.63, 3.8) is 0 Å². The number of hydrogen-bond acceptors (Lipinski definition) is 4. The molecule has 0 saturated heterocycles. The van der Waals surface area contributed by atoms with Gasteiger partial charge in [0, 0.05) is 13.0 Å². The minimum atomic E-state index is -4.10. The maximum atomic E-state index is 11.8. The highest BCUT2D eigenvalue weighted by molar-refractivity contribution is 6.32. The summed E-state index contributed by atoms with van der Waals surface area (Å²) in [6, 6.07) is 0. The van der Waals surface area contributed by atoms with Gasteiger partial charge in [-0.1, -0.05) is 11.6 Å². The summed E-state index contributed by atoms with van der Waals surface area (Å²) in [7, 11) is 0. The summed E-state index contributed by atoms with van der Waals surface area (Å²) < 4.78 is 35.5. The molecule has 0 unspecified atom stereocenters. The highest BCUT2D eigenvalue weighted by Crippen LogP contribution is 2.22. The van der Waals surface area contributed by atoms with E-state index < -0.39 is 12.6 Å². The molecule has 0 atom stereocenters. The van der Waals surface area contributed by atoms with E-state index in [1.807, 2.05) is 0 Å². The van der Waals surface area contributed by atoms with Crippen molar-refractivity contribution < 1.29 is 13.2 Å².